The van der Waals surface area contributed by atoms with Crippen molar-refractivity contribution in [2.24, 2.45) is 0 Å². The molecule has 2 rings (SSSR count). The molecule has 4 nitrogen and oxygen atoms in total. The van der Waals surface area contributed by atoms with Gasteiger partial charge in [0.2, 0.25) is 5.91 Å². The molecule has 0 saturated carbocycles. The Bertz CT molecular complexity index is 611. The van der Waals surface area contributed by atoms with Crippen molar-refractivity contribution in [1.29, 1.82) is 0 Å². The number of aryl methyl sites for hydroxylation is 1. The third-order valence-electron chi connectivity index (χ3n) is 3.17. The zero-order valence-electron chi connectivity index (χ0n) is 12.3. The van der Waals surface area contributed by atoms with Crippen molar-refractivity contribution in [3.05, 3.63) is 54.1 Å². The lowest BCUT2D eigenvalue weighted by atomic mass is 10.2. The van der Waals surface area contributed by atoms with Crippen LogP contribution in [0.15, 0.2) is 48.5 Å². The molecule has 0 aliphatic rings. The van der Waals surface area contributed by atoms with Gasteiger partial charge in [-0.05, 0) is 30.7 Å². The molecule has 0 spiro atoms. The Labute approximate surface area is 125 Å². The fourth-order valence-corrected chi connectivity index (χ4v) is 2.01. The zero-order chi connectivity index (χ0) is 15.1. The number of para-hydroxylation sites is 1. The first-order valence-electron chi connectivity index (χ1n) is 6.92. The van der Waals surface area contributed by atoms with Gasteiger partial charge in [0, 0.05) is 30.4 Å². The SMILES string of the molecule is COc1cccc(NC(=O)CCNc2ccccc2C)c1. The topological polar surface area (TPSA) is 50.4 Å². The number of carbonyl (C=O) groups excluding carboxylic acids is 1. The van der Waals surface area contributed by atoms with Gasteiger partial charge in [-0.2, -0.15) is 0 Å². The average molecular weight is 284 g/mol. The van der Waals surface area contributed by atoms with Gasteiger partial charge in [-0.1, -0.05) is 24.3 Å². The highest BCUT2D eigenvalue weighted by atomic mass is 16.5. The van der Waals surface area contributed by atoms with Gasteiger partial charge in [0.25, 0.3) is 0 Å². The summed E-state index contributed by atoms with van der Waals surface area (Å²) in [7, 11) is 1.60. The van der Waals surface area contributed by atoms with Gasteiger partial charge >= 0.3 is 0 Å². The molecular formula is C17H20N2O2. The maximum Gasteiger partial charge on any atom is 0.226 e. The number of anilines is 2. The van der Waals surface area contributed by atoms with Crippen molar-refractivity contribution in [3.63, 3.8) is 0 Å². The molecule has 0 aromatic heterocycles. The largest absolute Gasteiger partial charge is 0.497 e. The van der Waals surface area contributed by atoms with Crippen molar-refractivity contribution in [1.82, 2.24) is 0 Å². The summed E-state index contributed by atoms with van der Waals surface area (Å²) < 4.78 is 5.12. The maximum atomic E-state index is 11.9. The summed E-state index contributed by atoms with van der Waals surface area (Å²) in [6, 6.07) is 15.4. The molecule has 0 unspecified atom stereocenters. The zero-order valence-corrected chi connectivity index (χ0v) is 12.3. The van der Waals surface area contributed by atoms with Crippen LogP contribution in [0.25, 0.3) is 0 Å². The van der Waals surface area contributed by atoms with Crippen LogP contribution < -0.4 is 15.4 Å². The van der Waals surface area contributed by atoms with E-state index < -0.39 is 0 Å². The maximum absolute atomic E-state index is 11.9. The van der Waals surface area contributed by atoms with E-state index in [1.165, 1.54) is 5.56 Å². The quantitative estimate of drug-likeness (QED) is 0.854. The van der Waals surface area contributed by atoms with Crippen molar-refractivity contribution in [3.8, 4) is 5.75 Å². The number of carbonyl (C=O) groups is 1. The Kier molecular flexibility index (Phi) is 5.21. The number of nitrogens with one attached hydrogen (secondary N) is 2. The lowest BCUT2D eigenvalue weighted by Crippen LogP contribution is -2.16. The Morgan fingerprint density at radius 1 is 1.14 bits per heavy atom. The summed E-state index contributed by atoms with van der Waals surface area (Å²) in [6.45, 7) is 2.64. The third-order valence-corrected chi connectivity index (χ3v) is 3.17. The van der Waals surface area contributed by atoms with E-state index >= 15 is 0 Å². The fraction of sp³-hybridized carbons (Fsp3) is 0.235. The smallest absolute Gasteiger partial charge is 0.226 e. The second-order valence-electron chi connectivity index (χ2n) is 4.77. The predicted octanol–water partition coefficient (Wildman–Crippen LogP) is 3.44. The highest BCUT2D eigenvalue weighted by Crippen LogP contribution is 2.17. The third kappa shape index (κ3) is 4.53. The Morgan fingerprint density at radius 2 is 1.95 bits per heavy atom. The number of benzene rings is 2. The van der Waals surface area contributed by atoms with E-state index in [2.05, 4.69) is 10.6 Å². The molecule has 1 amide bonds. The second kappa shape index (κ2) is 7.33. The Balaban J connectivity index is 1.81. The highest BCUT2D eigenvalue weighted by Gasteiger charge is 2.03. The molecule has 21 heavy (non-hydrogen) atoms. The van der Waals surface area contributed by atoms with Crippen LogP contribution in [-0.2, 0) is 4.79 Å². The molecule has 110 valence electrons. The van der Waals surface area contributed by atoms with Gasteiger partial charge in [0.1, 0.15) is 5.75 Å². The van der Waals surface area contributed by atoms with Crippen molar-refractivity contribution < 1.29 is 9.53 Å². The molecule has 0 aliphatic carbocycles. The number of ether oxygens (including phenoxy) is 1. The molecule has 0 radical (unpaired) electrons. The van der Waals surface area contributed by atoms with Crippen LogP contribution in [0.5, 0.6) is 5.75 Å². The lowest BCUT2D eigenvalue weighted by molar-refractivity contribution is -0.115. The first-order valence-corrected chi connectivity index (χ1v) is 6.92. The van der Waals surface area contributed by atoms with Crippen LogP contribution in [-0.4, -0.2) is 19.6 Å². The Hall–Kier alpha value is -2.49. The standard InChI is InChI=1S/C17H20N2O2/c1-13-6-3-4-9-16(13)18-11-10-17(20)19-14-7-5-8-15(12-14)21-2/h3-9,12,18H,10-11H2,1-2H3,(H,19,20). The summed E-state index contributed by atoms with van der Waals surface area (Å²) >= 11 is 0. The molecule has 0 atom stereocenters. The number of rotatable bonds is 6. The molecule has 0 bridgehead atoms. The predicted molar refractivity (Wildman–Crippen MR) is 85.9 cm³/mol. The molecule has 0 fully saturated rings. The summed E-state index contributed by atoms with van der Waals surface area (Å²) in [6.07, 6.45) is 0.408. The number of hydrogen-bond donors (Lipinski definition) is 2. The molecule has 2 aromatic rings. The number of methoxy groups -OCH3 is 1. The van der Waals surface area contributed by atoms with E-state index in [9.17, 15) is 4.79 Å². The average Bonchev–Trinajstić information content (AvgIpc) is 2.49. The van der Waals surface area contributed by atoms with Crippen LogP contribution in [0, 0.1) is 6.92 Å². The van der Waals surface area contributed by atoms with E-state index in [1.807, 2.05) is 49.4 Å². The minimum absolute atomic E-state index is 0.0238. The van der Waals surface area contributed by atoms with Gasteiger partial charge in [0.15, 0.2) is 0 Å². The summed E-state index contributed by atoms with van der Waals surface area (Å²) in [5, 5.41) is 6.13. The van der Waals surface area contributed by atoms with Crippen molar-refractivity contribution >= 4 is 17.3 Å². The van der Waals surface area contributed by atoms with Crippen LogP contribution in [0.4, 0.5) is 11.4 Å². The summed E-state index contributed by atoms with van der Waals surface area (Å²) in [5.74, 6) is 0.704. The van der Waals surface area contributed by atoms with Crippen LogP contribution in [0.2, 0.25) is 0 Å². The first kappa shape index (κ1) is 14.9. The highest BCUT2D eigenvalue weighted by molar-refractivity contribution is 5.91. The summed E-state index contributed by atoms with van der Waals surface area (Å²) in [4.78, 5) is 11.9. The molecular weight excluding hydrogens is 264 g/mol. The summed E-state index contributed by atoms with van der Waals surface area (Å²) in [5.41, 5.74) is 2.98. The minimum atomic E-state index is -0.0238. The second-order valence-corrected chi connectivity index (χ2v) is 4.77. The van der Waals surface area contributed by atoms with Crippen LogP contribution in [0.1, 0.15) is 12.0 Å². The van der Waals surface area contributed by atoms with E-state index in [4.69, 9.17) is 4.74 Å². The van der Waals surface area contributed by atoms with Crippen LogP contribution in [0.3, 0.4) is 0 Å². The van der Waals surface area contributed by atoms with Gasteiger partial charge in [-0.3, -0.25) is 4.79 Å². The van der Waals surface area contributed by atoms with Crippen molar-refractivity contribution in [2.45, 2.75) is 13.3 Å². The van der Waals surface area contributed by atoms with E-state index in [-0.39, 0.29) is 5.91 Å². The molecule has 4 heteroatoms. The molecule has 2 N–H and O–H groups in total. The molecule has 0 saturated heterocycles. The Morgan fingerprint density at radius 3 is 2.71 bits per heavy atom. The van der Waals surface area contributed by atoms with Crippen LogP contribution >= 0.6 is 0 Å². The van der Waals surface area contributed by atoms with E-state index in [0.717, 1.165) is 17.1 Å². The lowest BCUT2D eigenvalue weighted by Gasteiger charge is -2.10. The molecule has 0 aliphatic heterocycles. The monoisotopic (exact) mass is 284 g/mol. The fourth-order valence-electron chi connectivity index (χ4n) is 2.01. The first-order chi connectivity index (χ1) is 10.2. The van der Waals surface area contributed by atoms with E-state index in [1.54, 1.807) is 13.2 Å². The van der Waals surface area contributed by atoms with Gasteiger partial charge in [-0.25, -0.2) is 0 Å². The van der Waals surface area contributed by atoms with Crippen molar-refractivity contribution in [2.75, 3.05) is 24.3 Å². The van der Waals surface area contributed by atoms with Gasteiger partial charge in [0.05, 0.1) is 7.11 Å². The molecule has 0 heterocycles. The van der Waals surface area contributed by atoms with Gasteiger partial charge in [-0.15, -0.1) is 0 Å². The normalized spacial score (nSPS) is 10.0. The van der Waals surface area contributed by atoms with E-state index in [0.29, 0.717) is 13.0 Å². The number of hydrogen-bond acceptors (Lipinski definition) is 3. The minimum Gasteiger partial charge on any atom is -0.497 e. The van der Waals surface area contributed by atoms with Gasteiger partial charge < -0.3 is 15.4 Å². The number of amides is 1. The molecule has 2 aromatic carbocycles.